The van der Waals surface area contributed by atoms with Gasteiger partial charge in [-0.3, -0.25) is 0 Å². The SMILES string of the molecule is Fc1cccc(F)c1.N=C=O.N=C=O. The fraction of sp³-hybridized carbons (Fsp3) is 0. The number of nitrogens with one attached hydrogen (secondary N) is 2. The van der Waals surface area contributed by atoms with Crippen LogP contribution < -0.4 is 0 Å². The van der Waals surface area contributed by atoms with E-state index in [1.165, 1.54) is 18.2 Å². The first-order chi connectivity index (χ1) is 6.62. The van der Waals surface area contributed by atoms with Crippen LogP contribution in [0.1, 0.15) is 0 Å². The second-order valence-electron chi connectivity index (χ2n) is 1.64. The zero-order chi connectivity index (χ0) is 11.4. The topological polar surface area (TPSA) is 81.8 Å². The van der Waals surface area contributed by atoms with Crippen LogP contribution in [0.5, 0.6) is 0 Å². The van der Waals surface area contributed by atoms with Gasteiger partial charge in [-0.2, -0.15) is 0 Å². The molecule has 0 aliphatic heterocycles. The predicted molar refractivity (Wildman–Crippen MR) is 43.2 cm³/mol. The number of benzene rings is 1. The molecule has 4 nitrogen and oxygen atoms in total. The summed E-state index contributed by atoms with van der Waals surface area (Å²) < 4.78 is 23.9. The minimum atomic E-state index is -0.537. The summed E-state index contributed by atoms with van der Waals surface area (Å²) >= 11 is 0. The quantitative estimate of drug-likeness (QED) is 0.494. The van der Waals surface area contributed by atoms with Crippen molar-refractivity contribution in [3.63, 3.8) is 0 Å². The van der Waals surface area contributed by atoms with Crippen LogP contribution in [0.3, 0.4) is 0 Å². The molecule has 0 radical (unpaired) electrons. The third kappa shape index (κ3) is 12.5. The van der Waals surface area contributed by atoms with Gasteiger partial charge in [0.25, 0.3) is 0 Å². The van der Waals surface area contributed by atoms with Gasteiger partial charge in [0, 0.05) is 6.07 Å². The molecule has 0 bridgehead atoms. The van der Waals surface area contributed by atoms with Crippen molar-refractivity contribution in [2.75, 3.05) is 0 Å². The maximum Gasteiger partial charge on any atom is 0.231 e. The van der Waals surface area contributed by atoms with E-state index in [2.05, 4.69) is 0 Å². The summed E-state index contributed by atoms with van der Waals surface area (Å²) in [5.41, 5.74) is 0. The van der Waals surface area contributed by atoms with Gasteiger partial charge in [0.15, 0.2) is 0 Å². The van der Waals surface area contributed by atoms with E-state index >= 15 is 0 Å². The predicted octanol–water partition coefficient (Wildman–Crippen LogP) is 1.77. The van der Waals surface area contributed by atoms with Crippen molar-refractivity contribution in [1.82, 2.24) is 0 Å². The Hall–Kier alpha value is -2.16. The minimum absolute atomic E-state index is 0.537. The van der Waals surface area contributed by atoms with Crippen LogP contribution in [0.15, 0.2) is 24.3 Å². The molecule has 74 valence electrons. The van der Waals surface area contributed by atoms with E-state index in [9.17, 15) is 8.78 Å². The molecule has 0 fully saturated rings. The molecule has 1 rings (SSSR count). The first kappa shape index (κ1) is 14.4. The van der Waals surface area contributed by atoms with E-state index in [4.69, 9.17) is 20.4 Å². The third-order valence-corrected chi connectivity index (χ3v) is 0.787. The summed E-state index contributed by atoms with van der Waals surface area (Å²) in [5.74, 6) is -1.07. The Morgan fingerprint density at radius 2 is 1.29 bits per heavy atom. The summed E-state index contributed by atoms with van der Waals surface area (Å²) in [4.78, 5) is 16.7. The lowest BCUT2D eigenvalue weighted by Gasteiger charge is -1.84. The van der Waals surface area contributed by atoms with Crippen molar-refractivity contribution >= 4 is 12.2 Å². The number of hydrogen-bond donors (Lipinski definition) is 2. The molecule has 2 N–H and O–H groups in total. The van der Waals surface area contributed by atoms with Crippen LogP contribution in [-0.4, -0.2) is 12.2 Å². The van der Waals surface area contributed by atoms with Crippen molar-refractivity contribution in [3.05, 3.63) is 35.9 Å². The van der Waals surface area contributed by atoms with E-state index in [0.717, 1.165) is 18.2 Å². The van der Waals surface area contributed by atoms with E-state index in [-0.39, 0.29) is 0 Å². The maximum absolute atomic E-state index is 11.9. The second-order valence-corrected chi connectivity index (χ2v) is 1.64. The van der Waals surface area contributed by atoms with Crippen molar-refractivity contribution < 1.29 is 18.4 Å². The van der Waals surface area contributed by atoms with Gasteiger partial charge >= 0.3 is 0 Å². The standard InChI is InChI=1S/C6H4F2.2CHNO/c7-5-2-1-3-6(8)4-5;2*2-1-3/h1-4H;2*2H. The van der Waals surface area contributed by atoms with E-state index < -0.39 is 11.6 Å². The number of rotatable bonds is 0. The number of hydrogen-bond acceptors (Lipinski definition) is 4. The van der Waals surface area contributed by atoms with Crippen LogP contribution in [0.2, 0.25) is 0 Å². The summed E-state index contributed by atoms with van der Waals surface area (Å²) in [5, 5.41) is 10.8. The van der Waals surface area contributed by atoms with Crippen LogP contribution in [0.4, 0.5) is 8.78 Å². The van der Waals surface area contributed by atoms with Gasteiger partial charge in [0.2, 0.25) is 12.2 Å². The van der Waals surface area contributed by atoms with Gasteiger partial charge in [0.05, 0.1) is 0 Å². The number of carbonyl (C=O) groups excluding carboxylic acids is 2. The zero-order valence-corrected chi connectivity index (χ0v) is 6.88. The van der Waals surface area contributed by atoms with E-state index in [0.29, 0.717) is 0 Å². The summed E-state index contributed by atoms with van der Waals surface area (Å²) in [6.45, 7) is 0. The molecule has 0 saturated heterocycles. The molecule has 0 spiro atoms. The van der Waals surface area contributed by atoms with Crippen molar-refractivity contribution in [1.29, 1.82) is 10.8 Å². The second kappa shape index (κ2) is 10.8. The van der Waals surface area contributed by atoms with E-state index in [1.54, 1.807) is 0 Å². The Balaban J connectivity index is 0. The molecule has 0 aliphatic rings. The van der Waals surface area contributed by atoms with Gasteiger partial charge in [-0.15, -0.1) is 0 Å². The largest absolute Gasteiger partial charge is 0.231 e. The summed E-state index contributed by atoms with van der Waals surface area (Å²) in [6.07, 6.45) is 1.50. The molecule has 1 aromatic rings. The molecular formula is C8H6F2N2O2. The smallest absolute Gasteiger partial charge is 0.222 e. The lowest BCUT2D eigenvalue weighted by Crippen LogP contribution is -1.73. The van der Waals surface area contributed by atoms with Crippen molar-refractivity contribution in [2.45, 2.75) is 0 Å². The highest BCUT2D eigenvalue weighted by Crippen LogP contribution is 1.99. The normalized spacial score (nSPS) is 6.43. The Bertz CT molecular complexity index is 301. The third-order valence-electron chi connectivity index (χ3n) is 0.787. The van der Waals surface area contributed by atoms with Gasteiger partial charge in [-0.25, -0.2) is 29.2 Å². The highest BCUT2D eigenvalue weighted by Gasteiger charge is 1.88. The molecular weight excluding hydrogens is 194 g/mol. The minimum Gasteiger partial charge on any atom is -0.222 e. The highest BCUT2D eigenvalue weighted by atomic mass is 19.1. The average molecular weight is 200 g/mol. The van der Waals surface area contributed by atoms with E-state index in [1.807, 2.05) is 0 Å². The number of halogens is 2. The van der Waals surface area contributed by atoms with Crippen molar-refractivity contribution in [3.8, 4) is 0 Å². The van der Waals surface area contributed by atoms with Crippen LogP contribution in [-0.2, 0) is 9.59 Å². The van der Waals surface area contributed by atoms with Gasteiger partial charge in [0.1, 0.15) is 11.6 Å². The van der Waals surface area contributed by atoms with Crippen LogP contribution >= 0.6 is 0 Å². The lowest BCUT2D eigenvalue weighted by atomic mass is 10.3. The van der Waals surface area contributed by atoms with Crippen LogP contribution in [0, 0.1) is 22.5 Å². The summed E-state index contributed by atoms with van der Waals surface area (Å²) in [7, 11) is 0. The van der Waals surface area contributed by atoms with Crippen molar-refractivity contribution in [2.24, 2.45) is 0 Å². The Morgan fingerprint density at radius 3 is 1.43 bits per heavy atom. The Labute approximate surface area is 78.2 Å². The lowest BCUT2D eigenvalue weighted by molar-refractivity contribution is 0.562. The van der Waals surface area contributed by atoms with Gasteiger partial charge < -0.3 is 0 Å². The fourth-order valence-electron chi connectivity index (χ4n) is 0.460. The van der Waals surface area contributed by atoms with Crippen LogP contribution in [0.25, 0.3) is 0 Å². The maximum atomic E-state index is 11.9. The first-order valence-corrected chi connectivity index (χ1v) is 3.11. The zero-order valence-electron chi connectivity index (χ0n) is 6.88. The molecule has 0 heterocycles. The summed E-state index contributed by atoms with van der Waals surface area (Å²) in [6, 6.07) is 4.55. The molecule has 0 aromatic heterocycles. The molecule has 0 aliphatic carbocycles. The first-order valence-electron chi connectivity index (χ1n) is 3.11. The molecule has 0 saturated carbocycles. The van der Waals surface area contributed by atoms with Gasteiger partial charge in [-0.1, -0.05) is 6.07 Å². The molecule has 14 heavy (non-hydrogen) atoms. The Morgan fingerprint density at radius 1 is 1.00 bits per heavy atom. The molecule has 0 unspecified atom stereocenters. The molecule has 0 atom stereocenters. The highest BCUT2D eigenvalue weighted by molar-refractivity contribution is 5.26. The average Bonchev–Trinajstić information content (AvgIpc) is 2.06. The Kier molecular flexibility index (Phi) is 11.1. The molecule has 0 amide bonds. The monoisotopic (exact) mass is 200 g/mol. The fourth-order valence-corrected chi connectivity index (χ4v) is 0.460. The molecule has 6 heteroatoms. The van der Waals surface area contributed by atoms with Gasteiger partial charge in [-0.05, 0) is 12.1 Å². The molecule has 1 aromatic carbocycles. The number of isocyanates is 2.